The van der Waals surface area contributed by atoms with Crippen LogP contribution in [-0.2, 0) is 0 Å². The summed E-state index contributed by atoms with van der Waals surface area (Å²) in [5.74, 6) is -0.197. The fourth-order valence-electron chi connectivity index (χ4n) is 1.14. The van der Waals surface area contributed by atoms with Gasteiger partial charge in [-0.15, -0.1) is 0 Å². The van der Waals surface area contributed by atoms with Gasteiger partial charge in [-0.1, -0.05) is 12.1 Å². The van der Waals surface area contributed by atoms with E-state index in [1.54, 1.807) is 26.0 Å². The maximum Gasteiger partial charge on any atom is 0.126 e. The third-order valence-electron chi connectivity index (χ3n) is 2.24. The Labute approximate surface area is 83.9 Å². The van der Waals surface area contributed by atoms with Gasteiger partial charge in [-0.3, -0.25) is 0 Å². The Hall–Kier alpha value is -1.15. The van der Waals surface area contributed by atoms with E-state index in [4.69, 9.17) is 0 Å². The van der Waals surface area contributed by atoms with E-state index in [0.717, 1.165) is 11.1 Å². The molecule has 0 aliphatic heterocycles. The Bertz CT molecular complexity index is 353. The van der Waals surface area contributed by atoms with Gasteiger partial charge in [-0.25, -0.2) is 4.39 Å². The molecular formula is C12H15FO. The molecule has 0 saturated carbocycles. The lowest BCUT2D eigenvalue weighted by Crippen LogP contribution is -2.00. The zero-order valence-corrected chi connectivity index (χ0v) is 8.71. The average molecular weight is 194 g/mol. The van der Waals surface area contributed by atoms with Gasteiger partial charge in [0, 0.05) is 0 Å². The summed E-state index contributed by atoms with van der Waals surface area (Å²) in [5.41, 5.74) is 2.41. The molecule has 0 spiro atoms. The van der Waals surface area contributed by atoms with Gasteiger partial charge in [0.1, 0.15) is 5.82 Å². The van der Waals surface area contributed by atoms with Crippen molar-refractivity contribution < 1.29 is 9.50 Å². The van der Waals surface area contributed by atoms with Crippen molar-refractivity contribution in [2.45, 2.75) is 26.9 Å². The molecule has 0 amide bonds. The fourth-order valence-corrected chi connectivity index (χ4v) is 1.14. The van der Waals surface area contributed by atoms with Crippen molar-refractivity contribution in [3.05, 3.63) is 40.7 Å². The molecule has 0 fully saturated rings. The second-order valence-corrected chi connectivity index (χ2v) is 3.57. The van der Waals surface area contributed by atoms with Crippen molar-refractivity contribution in [3.63, 3.8) is 0 Å². The van der Waals surface area contributed by atoms with Crippen LogP contribution in [0.1, 0.15) is 25.0 Å². The van der Waals surface area contributed by atoms with Crippen LogP contribution in [-0.4, -0.2) is 11.2 Å². The number of hydrogen-bond acceptors (Lipinski definition) is 1. The van der Waals surface area contributed by atoms with Gasteiger partial charge in [-0.2, -0.15) is 0 Å². The minimum atomic E-state index is -0.458. The smallest absolute Gasteiger partial charge is 0.126 e. The quantitative estimate of drug-likeness (QED) is 0.767. The minimum absolute atomic E-state index is 0.197. The van der Waals surface area contributed by atoms with Gasteiger partial charge >= 0.3 is 0 Å². The van der Waals surface area contributed by atoms with Crippen LogP contribution in [0.4, 0.5) is 4.39 Å². The van der Waals surface area contributed by atoms with Gasteiger partial charge < -0.3 is 5.11 Å². The highest BCUT2D eigenvalue weighted by atomic mass is 19.1. The number of aliphatic hydroxyl groups is 1. The Morgan fingerprint density at radius 2 is 2.14 bits per heavy atom. The van der Waals surface area contributed by atoms with E-state index >= 15 is 0 Å². The number of halogens is 1. The molecule has 1 aromatic rings. The normalized spacial score (nSPS) is 14.2. The molecule has 76 valence electrons. The van der Waals surface area contributed by atoms with Crippen LogP contribution in [0, 0.1) is 12.7 Å². The number of aryl methyl sites for hydroxylation is 1. The lowest BCUT2D eigenvalue weighted by Gasteiger charge is -2.04. The van der Waals surface area contributed by atoms with E-state index in [1.165, 1.54) is 6.07 Å². The van der Waals surface area contributed by atoms with E-state index in [2.05, 4.69) is 0 Å². The Balaban J connectivity index is 2.98. The second kappa shape index (κ2) is 4.38. The number of hydrogen-bond donors (Lipinski definition) is 1. The van der Waals surface area contributed by atoms with E-state index in [0.29, 0.717) is 5.56 Å². The molecule has 1 nitrogen and oxygen atoms in total. The molecular weight excluding hydrogens is 179 g/mol. The van der Waals surface area contributed by atoms with Gasteiger partial charge in [0.25, 0.3) is 0 Å². The first-order valence-electron chi connectivity index (χ1n) is 4.63. The minimum Gasteiger partial charge on any atom is -0.389 e. The zero-order valence-electron chi connectivity index (χ0n) is 8.71. The van der Waals surface area contributed by atoms with Crippen LogP contribution in [0.3, 0.4) is 0 Å². The fraction of sp³-hybridized carbons (Fsp3) is 0.333. The van der Waals surface area contributed by atoms with Crippen molar-refractivity contribution in [1.82, 2.24) is 0 Å². The van der Waals surface area contributed by atoms with Crippen LogP contribution in [0.15, 0.2) is 23.8 Å². The third-order valence-corrected chi connectivity index (χ3v) is 2.24. The first-order chi connectivity index (χ1) is 6.50. The van der Waals surface area contributed by atoms with E-state index in [-0.39, 0.29) is 5.82 Å². The number of rotatable bonds is 2. The van der Waals surface area contributed by atoms with Gasteiger partial charge in [0.15, 0.2) is 0 Å². The van der Waals surface area contributed by atoms with Gasteiger partial charge in [0.2, 0.25) is 0 Å². The van der Waals surface area contributed by atoms with Crippen molar-refractivity contribution >= 4 is 6.08 Å². The molecule has 0 aliphatic rings. The van der Waals surface area contributed by atoms with Crippen LogP contribution in [0.5, 0.6) is 0 Å². The molecule has 1 rings (SSSR count). The Kier molecular flexibility index (Phi) is 3.42. The van der Waals surface area contributed by atoms with Crippen molar-refractivity contribution in [1.29, 1.82) is 0 Å². The van der Waals surface area contributed by atoms with E-state index in [1.807, 2.05) is 13.0 Å². The number of benzene rings is 1. The number of aliphatic hydroxyl groups excluding tert-OH is 1. The summed E-state index contributed by atoms with van der Waals surface area (Å²) in [6.45, 7) is 5.29. The summed E-state index contributed by atoms with van der Waals surface area (Å²) < 4.78 is 12.9. The maximum atomic E-state index is 12.9. The van der Waals surface area contributed by atoms with Crippen molar-refractivity contribution in [3.8, 4) is 0 Å². The zero-order chi connectivity index (χ0) is 10.7. The van der Waals surface area contributed by atoms with Crippen LogP contribution in [0.2, 0.25) is 0 Å². The Morgan fingerprint density at radius 1 is 1.50 bits per heavy atom. The predicted octanol–water partition coefficient (Wildman–Crippen LogP) is 2.92. The summed E-state index contributed by atoms with van der Waals surface area (Å²) in [5, 5.41) is 9.26. The van der Waals surface area contributed by atoms with E-state index < -0.39 is 6.10 Å². The van der Waals surface area contributed by atoms with E-state index in [9.17, 15) is 9.50 Å². The standard InChI is InChI=1S/C12H15FO/c1-8(10(3)14)6-11-4-5-12(13)9(2)7-11/h4-7,10,14H,1-3H3/b8-6+. The molecule has 0 saturated heterocycles. The molecule has 1 unspecified atom stereocenters. The highest BCUT2D eigenvalue weighted by Crippen LogP contribution is 2.13. The van der Waals surface area contributed by atoms with Gasteiger partial charge in [0.05, 0.1) is 6.10 Å². The molecule has 14 heavy (non-hydrogen) atoms. The molecule has 0 aromatic heterocycles. The molecule has 1 aromatic carbocycles. The largest absolute Gasteiger partial charge is 0.389 e. The SMILES string of the molecule is C/C(=C\c1ccc(F)c(C)c1)C(C)O. The monoisotopic (exact) mass is 194 g/mol. The lowest BCUT2D eigenvalue weighted by atomic mass is 10.1. The van der Waals surface area contributed by atoms with Crippen LogP contribution >= 0.6 is 0 Å². The summed E-state index contributed by atoms with van der Waals surface area (Å²) in [6.07, 6.45) is 1.40. The molecule has 0 bridgehead atoms. The molecule has 1 atom stereocenters. The highest BCUT2D eigenvalue weighted by molar-refractivity contribution is 5.54. The lowest BCUT2D eigenvalue weighted by molar-refractivity contribution is 0.232. The molecule has 2 heteroatoms. The third kappa shape index (κ3) is 2.67. The van der Waals surface area contributed by atoms with Gasteiger partial charge in [-0.05, 0) is 49.6 Å². The molecule has 1 N–H and O–H groups in total. The summed E-state index contributed by atoms with van der Waals surface area (Å²) in [6, 6.07) is 4.91. The summed E-state index contributed by atoms with van der Waals surface area (Å²) in [4.78, 5) is 0. The molecule has 0 aliphatic carbocycles. The predicted molar refractivity (Wildman–Crippen MR) is 56.5 cm³/mol. The Morgan fingerprint density at radius 3 is 2.64 bits per heavy atom. The summed E-state index contributed by atoms with van der Waals surface area (Å²) in [7, 11) is 0. The first-order valence-corrected chi connectivity index (χ1v) is 4.63. The summed E-state index contributed by atoms with van der Waals surface area (Å²) >= 11 is 0. The van der Waals surface area contributed by atoms with Crippen LogP contribution in [0.25, 0.3) is 6.08 Å². The van der Waals surface area contributed by atoms with Crippen LogP contribution < -0.4 is 0 Å². The highest BCUT2D eigenvalue weighted by Gasteiger charge is 2.00. The molecule has 0 radical (unpaired) electrons. The second-order valence-electron chi connectivity index (χ2n) is 3.57. The van der Waals surface area contributed by atoms with Crippen molar-refractivity contribution in [2.75, 3.05) is 0 Å². The maximum absolute atomic E-state index is 12.9. The van der Waals surface area contributed by atoms with Crippen molar-refractivity contribution in [2.24, 2.45) is 0 Å². The topological polar surface area (TPSA) is 20.2 Å². The average Bonchev–Trinajstić information content (AvgIpc) is 2.11. The molecule has 0 heterocycles. The first kappa shape index (κ1) is 10.9.